The van der Waals surface area contributed by atoms with Gasteiger partial charge in [0.1, 0.15) is 5.76 Å². The lowest BCUT2D eigenvalue weighted by Crippen LogP contribution is -2.29. The lowest BCUT2D eigenvalue weighted by molar-refractivity contribution is -0.137. The van der Waals surface area contributed by atoms with Crippen LogP contribution >= 0.6 is 15.9 Å². The predicted octanol–water partition coefficient (Wildman–Crippen LogP) is 6.11. The van der Waals surface area contributed by atoms with Gasteiger partial charge in [-0.1, -0.05) is 40.2 Å². The summed E-state index contributed by atoms with van der Waals surface area (Å²) in [7, 11) is 2.83. The van der Waals surface area contributed by atoms with Gasteiger partial charge >= 0.3 is 6.18 Å². The summed E-state index contributed by atoms with van der Waals surface area (Å²) in [5.74, 6) is -1.94. The molecule has 0 spiro atoms. The Bertz CT molecular complexity index is 1370. The first-order chi connectivity index (χ1) is 17.1. The van der Waals surface area contributed by atoms with Crippen molar-refractivity contribution >= 4 is 39.1 Å². The summed E-state index contributed by atoms with van der Waals surface area (Å²) in [6.45, 7) is 0. The maximum absolute atomic E-state index is 13.4. The monoisotopic (exact) mass is 561 g/mol. The van der Waals surface area contributed by atoms with Crippen LogP contribution in [0.15, 0.2) is 76.8 Å². The lowest BCUT2D eigenvalue weighted by atomic mass is 9.94. The molecule has 1 amide bonds. The van der Waals surface area contributed by atoms with Crippen LogP contribution in [-0.4, -0.2) is 31.0 Å². The largest absolute Gasteiger partial charge is 0.507 e. The lowest BCUT2D eigenvalue weighted by Gasteiger charge is -2.26. The molecule has 6 nitrogen and oxygen atoms in total. The van der Waals surface area contributed by atoms with Crippen LogP contribution in [0, 0.1) is 0 Å². The van der Waals surface area contributed by atoms with E-state index in [2.05, 4.69) is 15.9 Å². The number of rotatable bonds is 5. The standard InChI is InChI=1S/C26H19BrF3NO5/c1-35-19-11-8-15(12-20(19)36-2)22-21(23(32)14-6-9-17(27)10-7-14)24(33)25(34)31(22)18-5-3-4-16(13-18)26(28,29)30/h3-13,22,32H,1-2H3/b23-21-. The van der Waals surface area contributed by atoms with Crippen LogP contribution in [0.25, 0.3) is 5.76 Å². The number of ketones is 1. The second-order valence-corrected chi connectivity index (χ2v) is 8.75. The van der Waals surface area contributed by atoms with Gasteiger partial charge in [0.2, 0.25) is 0 Å². The summed E-state index contributed by atoms with van der Waals surface area (Å²) >= 11 is 3.30. The first-order valence-electron chi connectivity index (χ1n) is 10.5. The van der Waals surface area contributed by atoms with Gasteiger partial charge in [0.15, 0.2) is 11.5 Å². The second-order valence-electron chi connectivity index (χ2n) is 7.84. The fraction of sp³-hybridized carbons (Fsp3) is 0.154. The maximum Gasteiger partial charge on any atom is 0.416 e. The van der Waals surface area contributed by atoms with Gasteiger partial charge in [-0.2, -0.15) is 13.2 Å². The minimum Gasteiger partial charge on any atom is -0.507 e. The topological polar surface area (TPSA) is 76.1 Å². The average Bonchev–Trinajstić information content (AvgIpc) is 3.13. The van der Waals surface area contributed by atoms with E-state index in [9.17, 15) is 27.9 Å². The Morgan fingerprint density at radius 3 is 2.22 bits per heavy atom. The molecule has 1 N–H and O–H groups in total. The van der Waals surface area contributed by atoms with Crippen molar-refractivity contribution in [3.8, 4) is 11.5 Å². The van der Waals surface area contributed by atoms with E-state index in [0.29, 0.717) is 11.3 Å². The number of carbonyl (C=O) groups excluding carboxylic acids is 2. The molecular formula is C26H19BrF3NO5. The second kappa shape index (κ2) is 9.69. The molecule has 1 fully saturated rings. The van der Waals surface area contributed by atoms with E-state index in [-0.39, 0.29) is 22.6 Å². The average molecular weight is 562 g/mol. The van der Waals surface area contributed by atoms with E-state index >= 15 is 0 Å². The summed E-state index contributed by atoms with van der Waals surface area (Å²) in [5, 5.41) is 11.1. The molecule has 1 saturated heterocycles. The van der Waals surface area contributed by atoms with Crippen LogP contribution < -0.4 is 14.4 Å². The Hall–Kier alpha value is -3.79. The highest BCUT2D eigenvalue weighted by molar-refractivity contribution is 9.10. The number of halogens is 4. The van der Waals surface area contributed by atoms with E-state index in [1.54, 1.807) is 36.4 Å². The summed E-state index contributed by atoms with van der Waals surface area (Å²) in [6.07, 6.45) is -4.67. The smallest absolute Gasteiger partial charge is 0.416 e. The number of aliphatic hydroxyl groups excluding tert-OH is 1. The summed E-state index contributed by atoms with van der Waals surface area (Å²) < 4.78 is 51.6. The minimum absolute atomic E-state index is 0.151. The molecule has 1 unspecified atom stereocenters. The first kappa shape index (κ1) is 25.3. The first-order valence-corrected chi connectivity index (χ1v) is 11.3. The van der Waals surface area contributed by atoms with Gasteiger partial charge in [-0.15, -0.1) is 0 Å². The third kappa shape index (κ3) is 4.56. The quantitative estimate of drug-likeness (QED) is 0.231. The molecule has 186 valence electrons. The van der Waals surface area contributed by atoms with Crippen molar-refractivity contribution in [1.82, 2.24) is 0 Å². The van der Waals surface area contributed by atoms with E-state index in [1.807, 2.05) is 0 Å². The molecule has 0 bridgehead atoms. The molecule has 1 atom stereocenters. The van der Waals surface area contributed by atoms with E-state index in [1.165, 1.54) is 26.4 Å². The number of Topliss-reactive ketones (excluding diaryl/α,β-unsaturated/α-hetero) is 1. The zero-order chi connectivity index (χ0) is 26.2. The zero-order valence-electron chi connectivity index (χ0n) is 19.0. The van der Waals surface area contributed by atoms with Crippen molar-refractivity contribution in [1.29, 1.82) is 0 Å². The van der Waals surface area contributed by atoms with E-state index in [0.717, 1.165) is 27.6 Å². The summed E-state index contributed by atoms with van der Waals surface area (Å²) in [6, 6.07) is 13.8. The Morgan fingerprint density at radius 1 is 0.944 bits per heavy atom. The van der Waals surface area contributed by atoms with Crippen molar-refractivity contribution < 1.29 is 37.3 Å². The molecule has 3 aromatic carbocycles. The zero-order valence-corrected chi connectivity index (χ0v) is 20.6. The van der Waals surface area contributed by atoms with Crippen LogP contribution in [0.2, 0.25) is 0 Å². The van der Waals surface area contributed by atoms with Crippen LogP contribution in [-0.2, 0) is 15.8 Å². The molecule has 4 rings (SSSR count). The van der Waals surface area contributed by atoms with Gasteiger partial charge < -0.3 is 14.6 Å². The Morgan fingerprint density at radius 2 is 1.61 bits per heavy atom. The SMILES string of the molecule is COc1ccc(C2/C(=C(/O)c3ccc(Br)cc3)C(=O)C(=O)N2c2cccc(C(F)(F)F)c2)cc1OC. The van der Waals surface area contributed by atoms with Crippen molar-refractivity contribution in [3.63, 3.8) is 0 Å². The molecule has 1 heterocycles. The van der Waals surface area contributed by atoms with Gasteiger partial charge in [0.05, 0.1) is 31.4 Å². The Labute approximate surface area is 212 Å². The number of carbonyl (C=O) groups is 2. The van der Waals surface area contributed by atoms with Crippen molar-refractivity contribution in [2.24, 2.45) is 0 Å². The molecular weight excluding hydrogens is 543 g/mol. The van der Waals surface area contributed by atoms with E-state index in [4.69, 9.17) is 9.47 Å². The fourth-order valence-electron chi connectivity index (χ4n) is 4.03. The number of amides is 1. The molecule has 36 heavy (non-hydrogen) atoms. The number of methoxy groups -OCH3 is 2. The van der Waals surface area contributed by atoms with E-state index < -0.39 is 35.2 Å². The van der Waals surface area contributed by atoms with Gasteiger partial charge in [-0.05, 0) is 48.0 Å². The van der Waals surface area contributed by atoms with Crippen LogP contribution in [0.5, 0.6) is 11.5 Å². The Balaban J connectivity index is 1.97. The number of anilines is 1. The molecule has 0 aromatic heterocycles. The van der Waals surface area contributed by atoms with Crippen molar-refractivity contribution in [2.45, 2.75) is 12.2 Å². The highest BCUT2D eigenvalue weighted by atomic mass is 79.9. The molecule has 0 saturated carbocycles. The highest BCUT2D eigenvalue weighted by Crippen LogP contribution is 2.45. The molecule has 3 aromatic rings. The maximum atomic E-state index is 13.4. The van der Waals surface area contributed by atoms with Crippen LogP contribution in [0.4, 0.5) is 18.9 Å². The molecule has 0 radical (unpaired) electrons. The fourth-order valence-corrected chi connectivity index (χ4v) is 4.30. The number of hydrogen-bond donors (Lipinski definition) is 1. The van der Waals surface area contributed by atoms with Gasteiger partial charge in [-0.25, -0.2) is 0 Å². The third-order valence-corrected chi connectivity index (χ3v) is 6.27. The molecule has 10 heteroatoms. The normalized spacial score (nSPS) is 17.4. The molecule has 1 aliphatic rings. The van der Waals surface area contributed by atoms with Crippen LogP contribution in [0.3, 0.4) is 0 Å². The minimum atomic E-state index is -4.67. The van der Waals surface area contributed by atoms with Gasteiger partial charge in [0.25, 0.3) is 11.7 Å². The number of benzene rings is 3. The summed E-state index contributed by atoms with van der Waals surface area (Å²) in [4.78, 5) is 27.4. The van der Waals surface area contributed by atoms with Crippen LogP contribution in [0.1, 0.15) is 22.7 Å². The van der Waals surface area contributed by atoms with Crippen molar-refractivity contribution in [3.05, 3.63) is 93.5 Å². The highest BCUT2D eigenvalue weighted by Gasteiger charge is 2.47. The number of ether oxygens (including phenoxy) is 2. The number of aliphatic hydroxyl groups is 1. The third-order valence-electron chi connectivity index (χ3n) is 5.74. The molecule has 1 aliphatic heterocycles. The number of nitrogens with zero attached hydrogens (tertiary/aromatic N) is 1. The number of alkyl halides is 3. The predicted molar refractivity (Wildman–Crippen MR) is 130 cm³/mol. The summed E-state index contributed by atoms with van der Waals surface area (Å²) in [5.41, 5.74) is -0.831. The van der Waals surface area contributed by atoms with Gasteiger partial charge in [-0.3, -0.25) is 14.5 Å². The van der Waals surface area contributed by atoms with Gasteiger partial charge in [0, 0.05) is 15.7 Å². The van der Waals surface area contributed by atoms with Crippen molar-refractivity contribution in [2.75, 3.05) is 19.1 Å². The molecule has 0 aliphatic carbocycles. The number of hydrogen-bond acceptors (Lipinski definition) is 5. The Kier molecular flexibility index (Phi) is 6.81.